The molecular formula is C24H30N4O3. The van der Waals surface area contributed by atoms with E-state index in [-0.39, 0.29) is 11.7 Å². The van der Waals surface area contributed by atoms with Gasteiger partial charge in [0, 0.05) is 49.4 Å². The Bertz CT molecular complexity index is 1110. The number of H-pyrrole nitrogens is 1. The predicted octanol–water partition coefficient (Wildman–Crippen LogP) is 3.78. The average Bonchev–Trinajstić information content (AvgIpc) is 2.74. The summed E-state index contributed by atoms with van der Waals surface area (Å²) >= 11 is 0. The number of aryl methyl sites for hydroxylation is 1. The van der Waals surface area contributed by atoms with Crippen molar-refractivity contribution in [3.8, 4) is 0 Å². The summed E-state index contributed by atoms with van der Waals surface area (Å²) in [5.41, 5.74) is 4.03. The summed E-state index contributed by atoms with van der Waals surface area (Å²) in [6, 6.07) is 10.1. The topological polar surface area (TPSA) is 79.5 Å². The van der Waals surface area contributed by atoms with Crippen molar-refractivity contribution in [2.75, 3.05) is 43.1 Å². The highest BCUT2D eigenvalue weighted by molar-refractivity contribution is 5.93. The molecule has 3 aromatic rings. The number of hydrogen-bond acceptors (Lipinski definition) is 6. The third kappa shape index (κ3) is 4.89. The number of pyridine rings is 2. The number of anilines is 3. The molecule has 3 heterocycles. The first kappa shape index (κ1) is 21.3. The molecule has 0 spiro atoms. The maximum atomic E-state index is 12.5. The molecule has 2 N–H and O–H groups in total. The van der Waals surface area contributed by atoms with Crippen LogP contribution in [0, 0.1) is 6.92 Å². The highest BCUT2D eigenvalue weighted by atomic mass is 16.5. The zero-order valence-electron chi connectivity index (χ0n) is 18.4. The Hall–Kier alpha value is -2.90. The fraction of sp³-hybridized carbons (Fsp3) is 0.417. The van der Waals surface area contributed by atoms with Gasteiger partial charge in [-0.25, -0.2) is 4.98 Å². The summed E-state index contributed by atoms with van der Waals surface area (Å²) in [6.45, 7) is 9.98. The summed E-state index contributed by atoms with van der Waals surface area (Å²) in [5.74, 6) is 0.568. The number of rotatable bonds is 7. The largest absolute Gasteiger partial charge is 0.381 e. The molecule has 1 aliphatic rings. The molecule has 1 aromatic carbocycles. The van der Waals surface area contributed by atoms with E-state index in [2.05, 4.69) is 41.2 Å². The van der Waals surface area contributed by atoms with Crippen LogP contribution < -0.4 is 15.8 Å². The van der Waals surface area contributed by atoms with Gasteiger partial charge in [-0.1, -0.05) is 0 Å². The van der Waals surface area contributed by atoms with Crippen molar-refractivity contribution in [3.05, 3.63) is 58.1 Å². The van der Waals surface area contributed by atoms with E-state index in [1.807, 2.05) is 25.1 Å². The summed E-state index contributed by atoms with van der Waals surface area (Å²) in [4.78, 5) is 22.4. The lowest BCUT2D eigenvalue weighted by molar-refractivity contribution is 0.0532. The summed E-state index contributed by atoms with van der Waals surface area (Å²) in [5, 5.41) is 4.81. The molecule has 31 heavy (non-hydrogen) atoms. The zero-order valence-corrected chi connectivity index (χ0v) is 18.4. The Balaban J connectivity index is 1.64. The molecule has 0 bridgehead atoms. The lowest BCUT2D eigenvalue weighted by atomic mass is 10.1. The molecule has 4 rings (SSSR count). The Morgan fingerprint density at radius 1 is 1.32 bits per heavy atom. The Morgan fingerprint density at radius 2 is 2.19 bits per heavy atom. The summed E-state index contributed by atoms with van der Waals surface area (Å²) < 4.78 is 11.2. The number of morpholine rings is 1. The first-order valence-electron chi connectivity index (χ1n) is 10.9. The minimum Gasteiger partial charge on any atom is -0.381 e. The molecular weight excluding hydrogens is 392 g/mol. The van der Waals surface area contributed by atoms with Gasteiger partial charge in [0.2, 0.25) is 0 Å². The maximum Gasteiger partial charge on any atom is 0.259 e. The monoisotopic (exact) mass is 422 g/mol. The number of aromatic nitrogens is 2. The Labute approximate surface area is 182 Å². The van der Waals surface area contributed by atoms with Gasteiger partial charge in [-0.2, -0.15) is 0 Å². The number of nitrogens with one attached hydrogen (secondary N) is 2. The number of nitrogens with zero attached hydrogens (tertiary/aromatic N) is 2. The van der Waals surface area contributed by atoms with Crippen molar-refractivity contribution >= 4 is 28.0 Å². The van der Waals surface area contributed by atoms with Crippen LogP contribution in [0.3, 0.4) is 0 Å². The molecule has 1 aliphatic heterocycles. The number of hydrogen-bond donors (Lipinski definition) is 2. The highest BCUT2D eigenvalue weighted by Gasteiger charge is 2.18. The number of aromatic amines is 1. The van der Waals surface area contributed by atoms with E-state index >= 15 is 0 Å². The van der Waals surface area contributed by atoms with Crippen LogP contribution >= 0.6 is 0 Å². The minimum atomic E-state index is -0.153. The summed E-state index contributed by atoms with van der Waals surface area (Å²) in [7, 11) is 0. The van der Waals surface area contributed by atoms with E-state index in [0.717, 1.165) is 36.5 Å². The van der Waals surface area contributed by atoms with E-state index in [1.54, 1.807) is 6.20 Å². The normalized spacial score (nSPS) is 16.6. The first-order chi connectivity index (χ1) is 15.0. The van der Waals surface area contributed by atoms with Crippen molar-refractivity contribution in [2.45, 2.75) is 33.3 Å². The van der Waals surface area contributed by atoms with Crippen LogP contribution in [0.15, 0.2) is 41.3 Å². The van der Waals surface area contributed by atoms with Crippen LogP contribution in [0.25, 0.3) is 10.8 Å². The quantitative estimate of drug-likeness (QED) is 0.564. The zero-order chi connectivity index (χ0) is 21.8. The van der Waals surface area contributed by atoms with Crippen molar-refractivity contribution in [3.63, 3.8) is 0 Å². The van der Waals surface area contributed by atoms with E-state index in [1.165, 1.54) is 11.3 Å². The van der Waals surface area contributed by atoms with Gasteiger partial charge in [-0.3, -0.25) is 4.79 Å². The molecule has 164 valence electrons. The Morgan fingerprint density at radius 3 is 2.97 bits per heavy atom. The van der Waals surface area contributed by atoms with Crippen molar-refractivity contribution in [2.24, 2.45) is 0 Å². The van der Waals surface area contributed by atoms with Gasteiger partial charge in [0.05, 0.1) is 24.7 Å². The second-order valence-electron chi connectivity index (χ2n) is 7.93. The van der Waals surface area contributed by atoms with Crippen LogP contribution in [-0.2, 0) is 15.9 Å². The fourth-order valence-electron chi connectivity index (χ4n) is 4.07. The molecule has 1 fully saturated rings. The molecule has 0 aliphatic carbocycles. The third-order valence-electron chi connectivity index (χ3n) is 5.56. The lowest BCUT2D eigenvalue weighted by Gasteiger charge is -2.34. The van der Waals surface area contributed by atoms with E-state index in [0.29, 0.717) is 30.8 Å². The third-order valence-corrected chi connectivity index (χ3v) is 5.56. The molecule has 0 radical (unpaired) electrons. The smallest absolute Gasteiger partial charge is 0.259 e. The van der Waals surface area contributed by atoms with Crippen molar-refractivity contribution < 1.29 is 9.47 Å². The second-order valence-corrected chi connectivity index (χ2v) is 7.93. The van der Waals surface area contributed by atoms with Crippen LogP contribution in [0.2, 0.25) is 0 Å². The molecule has 7 heteroatoms. The first-order valence-corrected chi connectivity index (χ1v) is 10.9. The molecule has 1 saturated heterocycles. The number of ether oxygens (including phenoxy) is 2. The Kier molecular flexibility index (Phi) is 6.53. The molecule has 0 amide bonds. The van der Waals surface area contributed by atoms with Gasteiger partial charge in [-0.05, 0) is 62.1 Å². The molecule has 0 saturated carbocycles. The number of fused-ring (bicyclic) bond motifs is 1. The second kappa shape index (κ2) is 9.49. The van der Waals surface area contributed by atoms with Crippen molar-refractivity contribution in [1.82, 2.24) is 9.97 Å². The van der Waals surface area contributed by atoms with E-state index in [4.69, 9.17) is 14.5 Å². The number of benzene rings is 1. The van der Waals surface area contributed by atoms with Gasteiger partial charge in [0.1, 0.15) is 5.82 Å². The molecule has 2 aromatic heterocycles. The highest BCUT2D eigenvalue weighted by Crippen LogP contribution is 2.28. The van der Waals surface area contributed by atoms with Crippen LogP contribution in [0.1, 0.15) is 25.1 Å². The molecule has 0 unspecified atom stereocenters. The predicted molar refractivity (Wildman–Crippen MR) is 125 cm³/mol. The van der Waals surface area contributed by atoms with E-state index < -0.39 is 0 Å². The van der Waals surface area contributed by atoms with Crippen LogP contribution in [0.5, 0.6) is 0 Å². The van der Waals surface area contributed by atoms with Gasteiger partial charge in [-0.15, -0.1) is 0 Å². The SMILES string of the molecule is CCOCCc1cc2cc[nH]c(=O)c2c(Nc2ccc(N3CCO[C@H](C)C3)c(C)c2)n1. The van der Waals surface area contributed by atoms with Gasteiger partial charge in [0.15, 0.2) is 0 Å². The maximum absolute atomic E-state index is 12.5. The van der Waals surface area contributed by atoms with Gasteiger partial charge >= 0.3 is 0 Å². The lowest BCUT2D eigenvalue weighted by Crippen LogP contribution is -2.41. The van der Waals surface area contributed by atoms with Gasteiger partial charge < -0.3 is 24.7 Å². The fourth-order valence-corrected chi connectivity index (χ4v) is 4.07. The minimum absolute atomic E-state index is 0.153. The van der Waals surface area contributed by atoms with E-state index in [9.17, 15) is 4.79 Å². The summed E-state index contributed by atoms with van der Waals surface area (Å²) in [6.07, 6.45) is 2.59. The van der Waals surface area contributed by atoms with Crippen LogP contribution in [0.4, 0.5) is 17.2 Å². The van der Waals surface area contributed by atoms with Gasteiger partial charge in [0.25, 0.3) is 5.56 Å². The molecule has 7 nitrogen and oxygen atoms in total. The van der Waals surface area contributed by atoms with Crippen molar-refractivity contribution in [1.29, 1.82) is 0 Å². The molecule has 1 atom stereocenters. The standard InChI is InChI=1S/C24H30N4O3/c1-4-30-11-8-20-14-18-7-9-25-24(29)22(18)23(27-20)26-19-5-6-21(16(2)13-19)28-10-12-31-17(3)15-28/h5-7,9,13-14,17H,4,8,10-12,15H2,1-3H3,(H,25,29)(H,26,27)/t17-/m1/s1. The average molecular weight is 423 g/mol. The van der Waals surface area contributed by atoms with Crippen LogP contribution in [-0.4, -0.2) is 49.0 Å².